The summed E-state index contributed by atoms with van der Waals surface area (Å²) in [6.07, 6.45) is 2.57. The van der Waals surface area contributed by atoms with Crippen LogP contribution in [0.4, 0.5) is 0 Å². The first-order valence-corrected chi connectivity index (χ1v) is 8.64. The van der Waals surface area contributed by atoms with Crippen molar-refractivity contribution in [2.75, 3.05) is 6.54 Å². The van der Waals surface area contributed by atoms with E-state index in [0.717, 1.165) is 11.5 Å². The van der Waals surface area contributed by atoms with E-state index in [1.54, 1.807) is 19.2 Å². The molecule has 4 aromatic rings. The molecule has 0 aliphatic heterocycles. The zero-order chi connectivity index (χ0) is 18.8. The predicted octanol–water partition coefficient (Wildman–Crippen LogP) is 0.878. The molecule has 0 saturated carbocycles. The second-order valence-electron chi connectivity index (χ2n) is 6.24. The number of rotatable bonds is 5. The highest BCUT2D eigenvalue weighted by atomic mass is 16.1. The van der Waals surface area contributed by atoms with Crippen molar-refractivity contribution in [3.8, 4) is 0 Å². The average Bonchev–Trinajstić information content (AvgIpc) is 3.09. The van der Waals surface area contributed by atoms with Crippen molar-refractivity contribution in [2.45, 2.75) is 12.8 Å². The smallest absolute Gasteiger partial charge is 0.274 e. The summed E-state index contributed by atoms with van der Waals surface area (Å²) < 4.78 is 3.17. The number of hydrogen-bond acceptors (Lipinski definition) is 5. The van der Waals surface area contributed by atoms with E-state index in [1.165, 1.54) is 4.68 Å². The van der Waals surface area contributed by atoms with Gasteiger partial charge in [-0.05, 0) is 18.2 Å². The molecule has 0 saturated heterocycles. The van der Waals surface area contributed by atoms with E-state index in [4.69, 9.17) is 0 Å². The third-order valence-corrected chi connectivity index (χ3v) is 4.42. The molecule has 1 amide bonds. The maximum Gasteiger partial charge on any atom is 0.274 e. The normalized spacial score (nSPS) is 11.1. The van der Waals surface area contributed by atoms with Gasteiger partial charge in [-0.15, -0.1) is 10.2 Å². The first-order valence-electron chi connectivity index (χ1n) is 8.64. The lowest BCUT2D eigenvalue weighted by atomic mass is 10.1. The van der Waals surface area contributed by atoms with Crippen molar-refractivity contribution >= 4 is 22.3 Å². The Balaban J connectivity index is 1.45. The Morgan fingerprint density at radius 3 is 2.70 bits per heavy atom. The van der Waals surface area contributed by atoms with Crippen LogP contribution in [-0.2, 0) is 24.7 Å². The van der Waals surface area contributed by atoms with Gasteiger partial charge in [0.25, 0.3) is 5.56 Å². The molecule has 0 unspecified atom stereocenters. The number of fused-ring (bicyclic) bond motifs is 2. The maximum absolute atomic E-state index is 12.4. The van der Waals surface area contributed by atoms with Gasteiger partial charge in [-0.25, -0.2) is 4.68 Å². The topological polar surface area (TPSA) is 94.2 Å². The van der Waals surface area contributed by atoms with Gasteiger partial charge in [0.2, 0.25) is 5.91 Å². The van der Waals surface area contributed by atoms with Crippen LogP contribution in [0.3, 0.4) is 0 Å². The number of amides is 1. The summed E-state index contributed by atoms with van der Waals surface area (Å²) in [4.78, 5) is 24.5. The van der Waals surface area contributed by atoms with Crippen LogP contribution < -0.4 is 10.9 Å². The number of pyridine rings is 1. The summed E-state index contributed by atoms with van der Waals surface area (Å²) in [5.74, 6) is 0.636. The van der Waals surface area contributed by atoms with Gasteiger partial charge in [0.1, 0.15) is 5.82 Å². The first kappa shape index (κ1) is 16.9. The molecule has 0 radical (unpaired) electrons. The van der Waals surface area contributed by atoms with Gasteiger partial charge in [0, 0.05) is 31.6 Å². The maximum atomic E-state index is 12.4. The molecule has 27 heavy (non-hydrogen) atoms. The Morgan fingerprint density at radius 1 is 1.07 bits per heavy atom. The molecular formula is C19H18N6O2. The van der Waals surface area contributed by atoms with Crippen LogP contribution in [0.1, 0.15) is 11.5 Å². The molecule has 0 aliphatic rings. The molecule has 4 rings (SSSR count). The number of nitrogens with zero attached hydrogens (tertiary/aromatic N) is 5. The van der Waals surface area contributed by atoms with Crippen LogP contribution in [0.25, 0.3) is 16.4 Å². The molecule has 0 spiro atoms. The average molecular weight is 362 g/mol. The summed E-state index contributed by atoms with van der Waals surface area (Å²) in [5.41, 5.74) is 1.19. The summed E-state index contributed by atoms with van der Waals surface area (Å²) in [7, 11) is 1.59. The largest absolute Gasteiger partial charge is 0.355 e. The van der Waals surface area contributed by atoms with Gasteiger partial charge in [-0.3, -0.25) is 14.0 Å². The SMILES string of the molecule is Cn1nc(CC(=O)NCCc2nnc3ccccn23)c2ccccc2c1=O. The molecule has 1 aromatic carbocycles. The summed E-state index contributed by atoms with van der Waals surface area (Å²) in [5, 5.41) is 16.7. The highest BCUT2D eigenvalue weighted by Gasteiger charge is 2.12. The van der Waals surface area contributed by atoms with Crippen molar-refractivity contribution in [1.29, 1.82) is 0 Å². The number of aryl methyl sites for hydroxylation is 1. The van der Waals surface area contributed by atoms with Gasteiger partial charge in [0.05, 0.1) is 17.5 Å². The van der Waals surface area contributed by atoms with Crippen LogP contribution in [0.15, 0.2) is 53.5 Å². The highest BCUT2D eigenvalue weighted by molar-refractivity contribution is 5.88. The summed E-state index contributed by atoms with van der Waals surface area (Å²) >= 11 is 0. The molecule has 3 aromatic heterocycles. The second kappa shape index (κ2) is 6.99. The molecule has 0 fully saturated rings. The molecule has 0 aliphatic carbocycles. The minimum Gasteiger partial charge on any atom is -0.355 e. The lowest BCUT2D eigenvalue weighted by Gasteiger charge is -2.08. The van der Waals surface area contributed by atoms with Gasteiger partial charge in [0.15, 0.2) is 5.65 Å². The van der Waals surface area contributed by atoms with Crippen LogP contribution in [0.5, 0.6) is 0 Å². The van der Waals surface area contributed by atoms with Crippen molar-refractivity contribution < 1.29 is 4.79 Å². The van der Waals surface area contributed by atoms with Crippen LogP contribution >= 0.6 is 0 Å². The first-order chi connectivity index (χ1) is 13.1. The molecule has 8 nitrogen and oxygen atoms in total. The van der Waals surface area contributed by atoms with Gasteiger partial charge >= 0.3 is 0 Å². The Bertz CT molecular complexity index is 1190. The molecule has 136 valence electrons. The molecular weight excluding hydrogens is 344 g/mol. The zero-order valence-corrected chi connectivity index (χ0v) is 14.8. The van der Waals surface area contributed by atoms with Crippen LogP contribution in [0.2, 0.25) is 0 Å². The lowest BCUT2D eigenvalue weighted by molar-refractivity contribution is -0.120. The van der Waals surface area contributed by atoms with E-state index in [-0.39, 0.29) is 17.9 Å². The summed E-state index contributed by atoms with van der Waals surface area (Å²) in [6.45, 7) is 0.443. The quantitative estimate of drug-likeness (QED) is 0.569. The van der Waals surface area contributed by atoms with Crippen molar-refractivity contribution in [3.05, 3.63) is 70.5 Å². The third-order valence-electron chi connectivity index (χ3n) is 4.42. The van der Waals surface area contributed by atoms with E-state index < -0.39 is 0 Å². The van der Waals surface area contributed by atoms with E-state index in [2.05, 4.69) is 20.6 Å². The molecule has 1 N–H and O–H groups in total. The molecule has 3 heterocycles. The Kier molecular flexibility index (Phi) is 4.37. The van der Waals surface area contributed by atoms with E-state index in [9.17, 15) is 9.59 Å². The molecule has 0 bridgehead atoms. The standard InChI is InChI=1S/C19H18N6O2/c1-24-19(27)14-7-3-2-6-13(14)15(23-24)12-18(26)20-10-9-17-22-21-16-8-4-5-11-25(16)17/h2-8,11H,9-10,12H2,1H3,(H,20,26). The van der Waals surface area contributed by atoms with Gasteiger partial charge < -0.3 is 5.32 Å². The number of benzene rings is 1. The predicted molar refractivity (Wildman–Crippen MR) is 100 cm³/mol. The highest BCUT2D eigenvalue weighted by Crippen LogP contribution is 2.13. The molecule has 8 heteroatoms. The fourth-order valence-electron chi connectivity index (χ4n) is 3.10. The van der Waals surface area contributed by atoms with Crippen LogP contribution in [0, 0.1) is 0 Å². The Hall–Kier alpha value is -3.55. The van der Waals surface area contributed by atoms with Gasteiger partial charge in [-0.1, -0.05) is 24.3 Å². The number of carbonyl (C=O) groups excluding carboxylic acids is 1. The Morgan fingerprint density at radius 2 is 1.85 bits per heavy atom. The monoisotopic (exact) mass is 362 g/mol. The van der Waals surface area contributed by atoms with E-state index in [1.807, 2.05) is 40.9 Å². The minimum absolute atomic E-state index is 0.106. The summed E-state index contributed by atoms with van der Waals surface area (Å²) in [6, 6.07) is 12.9. The van der Waals surface area contributed by atoms with Gasteiger partial charge in [-0.2, -0.15) is 5.10 Å². The minimum atomic E-state index is -0.173. The Labute approximate surface area is 154 Å². The van der Waals surface area contributed by atoms with Crippen molar-refractivity contribution in [1.82, 2.24) is 29.7 Å². The third kappa shape index (κ3) is 3.29. The van der Waals surface area contributed by atoms with Crippen LogP contribution in [-0.4, -0.2) is 36.8 Å². The fourth-order valence-corrected chi connectivity index (χ4v) is 3.10. The van der Waals surface area contributed by atoms with E-state index >= 15 is 0 Å². The molecule has 0 atom stereocenters. The van der Waals surface area contributed by atoms with Crippen molar-refractivity contribution in [2.24, 2.45) is 7.05 Å². The van der Waals surface area contributed by atoms with Crippen molar-refractivity contribution in [3.63, 3.8) is 0 Å². The number of nitrogens with one attached hydrogen (secondary N) is 1. The van der Waals surface area contributed by atoms with E-state index in [0.29, 0.717) is 29.4 Å². The number of carbonyl (C=O) groups is 1. The number of aromatic nitrogens is 5. The second-order valence-corrected chi connectivity index (χ2v) is 6.24. The lowest BCUT2D eigenvalue weighted by Crippen LogP contribution is -2.29. The number of hydrogen-bond donors (Lipinski definition) is 1. The fraction of sp³-hybridized carbons (Fsp3) is 0.211. The zero-order valence-electron chi connectivity index (χ0n) is 14.8.